The number of hydrogen-bond acceptors (Lipinski definition) is 2. The molecule has 0 fully saturated rings. The van der Waals surface area contributed by atoms with E-state index in [-0.39, 0.29) is 5.56 Å². The summed E-state index contributed by atoms with van der Waals surface area (Å²) in [6.07, 6.45) is 0. The van der Waals surface area contributed by atoms with Gasteiger partial charge in [0.2, 0.25) is 5.56 Å². The third-order valence-electron chi connectivity index (χ3n) is 2.85. The van der Waals surface area contributed by atoms with Gasteiger partial charge >= 0.3 is 0 Å². The number of aromatic nitrogens is 3. The van der Waals surface area contributed by atoms with Crippen molar-refractivity contribution in [2.45, 2.75) is 6.92 Å². The molecule has 3 rings (SSSR count). The maximum Gasteiger partial charge on any atom is 0.249 e. The molecule has 0 spiro atoms. The van der Waals surface area contributed by atoms with Gasteiger partial charge in [-0.2, -0.15) is 0 Å². The van der Waals surface area contributed by atoms with Crippen molar-refractivity contribution in [3.63, 3.8) is 0 Å². The van der Waals surface area contributed by atoms with Gasteiger partial charge in [0, 0.05) is 6.07 Å². The predicted molar refractivity (Wildman–Crippen MR) is 74.1 cm³/mol. The van der Waals surface area contributed by atoms with Crippen molar-refractivity contribution >= 4 is 27.1 Å². The Morgan fingerprint density at radius 2 is 2.00 bits per heavy atom. The maximum atomic E-state index is 11.4. The number of hydrogen-bond donors (Lipinski definition) is 1. The zero-order valence-electron chi connectivity index (χ0n) is 9.64. The monoisotopic (exact) mass is 303 g/mol. The van der Waals surface area contributed by atoms with Crippen LogP contribution in [0.5, 0.6) is 0 Å². The first kappa shape index (κ1) is 11.2. The normalized spacial score (nSPS) is 11.0. The topological polar surface area (TPSA) is 50.7 Å². The maximum absolute atomic E-state index is 11.4. The van der Waals surface area contributed by atoms with E-state index < -0.39 is 0 Å². The fourth-order valence-electron chi connectivity index (χ4n) is 1.99. The van der Waals surface area contributed by atoms with Gasteiger partial charge in [-0.05, 0) is 40.5 Å². The summed E-state index contributed by atoms with van der Waals surface area (Å²) in [7, 11) is 0. The quantitative estimate of drug-likeness (QED) is 0.751. The van der Waals surface area contributed by atoms with Crippen molar-refractivity contribution < 1.29 is 0 Å². The minimum absolute atomic E-state index is 0.135. The lowest BCUT2D eigenvalue weighted by Gasteiger charge is -2.08. The van der Waals surface area contributed by atoms with E-state index in [0.717, 1.165) is 16.8 Å². The molecule has 0 atom stereocenters. The Hall–Kier alpha value is -1.88. The molecule has 2 aromatic heterocycles. The van der Waals surface area contributed by atoms with Crippen molar-refractivity contribution in [1.82, 2.24) is 14.5 Å². The van der Waals surface area contributed by atoms with Gasteiger partial charge in [-0.25, -0.2) is 4.98 Å². The van der Waals surface area contributed by atoms with Gasteiger partial charge in [-0.1, -0.05) is 18.2 Å². The summed E-state index contributed by atoms with van der Waals surface area (Å²) in [6, 6.07) is 11.1. The van der Waals surface area contributed by atoms with E-state index in [0.29, 0.717) is 10.4 Å². The number of pyridine rings is 1. The molecule has 1 N–H and O–H groups in total. The number of aryl methyl sites for hydroxylation is 1. The Bertz CT molecular complexity index is 788. The molecule has 1 aromatic carbocycles. The van der Waals surface area contributed by atoms with Crippen LogP contribution in [0.2, 0.25) is 0 Å². The molecular weight excluding hydrogens is 294 g/mol. The molecule has 5 heteroatoms. The highest BCUT2D eigenvalue weighted by atomic mass is 79.9. The Labute approximate surface area is 111 Å². The summed E-state index contributed by atoms with van der Waals surface area (Å²) in [4.78, 5) is 18.7. The van der Waals surface area contributed by atoms with Crippen molar-refractivity contribution in [2.24, 2.45) is 0 Å². The lowest BCUT2D eigenvalue weighted by Crippen LogP contribution is -2.06. The number of aromatic amines is 1. The number of nitrogens with zero attached hydrogens (tertiary/aromatic N) is 2. The van der Waals surface area contributed by atoms with Crippen molar-refractivity contribution in [1.29, 1.82) is 0 Å². The summed E-state index contributed by atoms with van der Waals surface area (Å²) < 4.78 is 2.57. The minimum Gasteiger partial charge on any atom is -0.306 e. The molecule has 0 unspecified atom stereocenters. The van der Waals surface area contributed by atoms with Crippen molar-refractivity contribution in [3.8, 4) is 5.69 Å². The second-order valence-electron chi connectivity index (χ2n) is 4.06. The number of rotatable bonds is 1. The molecule has 0 bridgehead atoms. The average Bonchev–Trinajstić information content (AvgIpc) is 2.66. The molecule has 0 saturated heterocycles. The highest BCUT2D eigenvalue weighted by molar-refractivity contribution is 9.10. The SMILES string of the molecule is Cc1ccccc1-n1c(Br)nc2ccc(=O)[nH]c21. The van der Waals surface area contributed by atoms with E-state index in [1.807, 2.05) is 35.8 Å². The molecule has 0 saturated carbocycles. The molecule has 0 radical (unpaired) electrons. The molecule has 3 aromatic rings. The molecule has 4 nitrogen and oxygen atoms in total. The van der Waals surface area contributed by atoms with Gasteiger partial charge in [-0.3, -0.25) is 9.36 Å². The summed E-state index contributed by atoms with van der Waals surface area (Å²) in [5.74, 6) is 0. The lowest BCUT2D eigenvalue weighted by molar-refractivity contribution is 1.01. The number of para-hydroxylation sites is 1. The summed E-state index contributed by atoms with van der Waals surface area (Å²) in [5, 5.41) is 0. The molecule has 90 valence electrons. The van der Waals surface area contributed by atoms with Crippen LogP contribution < -0.4 is 5.56 Å². The molecule has 18 heavy (non-hydrogen) atoms. The third-order valence-corrected chi connectivity index (χ3v) is 3.39. The lowest BCUT2D eigenvalue weighted by atomic mass is 10.2. The van der Waals surface area contributed by atoms with Crippen molar-refractivity contribution in [3.05, 3.63) is 57.0 Å². The fraction of sp³-hybridized carbons (Fsp3) is 0.0769. The van der Waals surface area contributed by atoms with E-state index in [9.17, 15) is 4.79 Å². The second kappa shape index (κ2) is 4.10. The van der Waals surface area contributed by atoms with E-state index >= 15 is 0 Å². The van der Waals surface area contributed by atoms with Crippen LogP contribution in [0.25, 0.3) is 16.9 Å². The first-order valence-corrected chi connectivity index (χ1v) is 6.29. The third kappa shape index (κ3) is 1.67. The van der Waals surface area contributed by atoms with Gasteiger partial charge in [0.1, 0.15) is 11.2 Å². The summed E-state index contributed by atoms with van der Waals surface area (Å²) in [6.45, 7) is 2.02. The van der Waals surface area contributed by atoms with Gasteiger partial charge in [0.15, 0.2) is 4.73 Å². The number of H-pyrrole nitrogens is 1. The van der Waals surface area contributed by atoms with E-state index in [2.05, 4.69) is 25.9 Å². The van der Waals surface area contributed by atoms with Gasteiger partial charge in [0.25, 0.3) is 0 Å². The van der Waals surface area contributed by atoms with Crippen LogP contribution in [0.3, 0.4) is 0 Å². The molecule has 0 aliphatic heterocycles. The number of imidazole rings is 1. The Balaban J connectivity index is 2.42. The molecule has 2 heterocycles. The van der Waals surface area contributed by atoms with Crippen LogP contribution in [0.4, 0.5) is 0 Å². The van der Waals surface area contributed by atoms with Crippen LogP contribution in [0.1, 0.15) is 5.56 Å². The molecular formula is C13H10BrN3O. The summed E-state index contributed by atoms with van der Waals surface area (Å²) in [5.41, 5.74) is 3.43. The first-order valence-electron chi connectivity index (χ1n) is 5.50. The van der Waals surface area contributed by atoms with Crippen LogP contribution in [0.15, 0.2) is 45.9 Å². The number of nitrogens with one attached hydrogen (secondary N) is 1. The van der Waals surface area contributed by atoms with Gasteiger partial charge in [0.05, 0.1) is 5.69 Å². The predicted octanol–water partition coefficient (Wildman–Crippen LogP) is 2.78. The second-order valence-corrected chi connectivity index (χ2v) is 4.77. The molecule has 0 aliphatic carbocycles. The minimum atomic E-state index is -0.135. The number of halogens is 1. The van der Waals surface area contributed by atoms with E-state index in [1.165, 1.54) is 6.07 Å². The molecule has 0 amide bonds. The van der Waals surface area contributed by atoms with E-state index in [4.69, 9.17) is 0 Å². The van der Waals surface area contributed by atoms with Crippen LogP contribution >= 0.6 is 15.9 Å². The Kier molecular flexibility index (Phi) is 2.56. The smallest absolute Gasteiger partial charge is 0.249 e. The zero-order valence-corrected chi connectivity index (χ0v) is 11.2. The van der Waals surface area contributed by atoms with Crippen LogP contribution in [-0.2, 0) is 0 Å². The van der Waals surface area contributed by atoms with Crippen LogP contribution in [0, 0.1) is 6.92 Å². The highest BCUT2D eigenvalue weighted by Gasteiger charge is 2.12. The standard InChI is InChI=1S/C13H10BrN3O/c1-8-4-2-3-5-10(8)17-12-9(15-13(17)14)6-7-11(18)16-12/h2-7H,1H3,(H,16,18). The largest absolute Gasteiger partial charge is 0.306 e. The van der Waals surface area contributed by atoms with E-state index in [1.54, 1.807) is 6.07 Å². The van der Waals surface area contributed by atoms with Crippen molar-refractivity contribution in [2.75, 3.05) is 0 Å². The molecule has 0 aliphatic rings. The summed E-state index contributed by atoms with van der Waals surface area (Å²) >= 11 is 3.43. The number of fused-ring (bicyclic) bond motifs is 1. The zero-order chi connectivity index (χ0) is 12.7. The number of benzene rings is 1. The van der Waals surface area contributed by atoms with Gasteiger partial charge < -0.3 is 4.98 Å². The Morgan fingerprint density at radius 1 is 1.22 bits per heavy atom. The Morgan fingerprint density at radius 3 is 2.78 bits per heavy atom. The van der Waals surface area contributed by atoms with Crippen LogP contribution in [-0.4, -0.2) is 14.5 Å². The fourth-order valence-corrected chi connectivity index (χ4v) is 2.55. The van der Waals surface area contributed by atoms with Gasteiger partial charge in [-0.15, -0.1) is 0 Å². The average molecular weight is 304 g/mol. The highest BCUT2D eigenvalue weighted by Crippen LogP contribution is 2.24. The first-order chi connectivity index (χ1) is 8.66.